The van der Waals surface area contributed by atoms with Gasteiger partial charge in [0.2, 0.25) is 0 Å². The lowest BCUT2D eigenvalue weighted by Crippen LogP contribution is -2.31. The third-order valence-corrected chi connectivity index (χ3v) is 5.01. The van der Waals surface area contributed by atoms with Crippen LogP contribution in [0.4, 0.5) is 4.39 Å². The van der Waals surface area contributed by atoms with Gasteiger partial charge in [0, 0.05) is 48.1 Å². The number of rotatable bonds is 5. The zero-order chi connectivity index (χ0) is 17.2. The van der Waals surface area contributed by atoms with E-state index in [9.17, 15) is 9.18 Å². The number of H-pyrrole nitrogens is 1. The molecule has 0 atom stereocenters. The summed E-state index contributed by atoms with van der Waals surface area (Å²) in [6.07, 6.45) is 2.35. The molecule has 5 heteroatoms. The first kappa shape index (κ1) is 18.6. The van der Waals surface area contributed by atoms with E-state index in [1.165, 1.54) is 34.3 Å². The number of benzene rings is 2. The summed E-state index contributed by atoms with van der Waals surface area (Å²) in [7, 11) is 0. The van der Waals surface area contributed by atoms with Gasteiger partial charge in [0.15, 0.2) is 5.78 Å². The molecule has 26 heavy (non-hydrogen) atoms. The molecule has 2 heterocycles. The number of ketones is 1. The second-order valence-corrected chi connectivity index (χ2v) is 6.69. The van der Waals surface area contributed by atoms with Gasteiger partial charge in [-0.3, -0.25) is 9.69 Å². The van der Waals surface area contributed by atoms with Crippen molar-refractivity contribution < 1.29 is 9.18 Å². The van der Waals surface area contributed by atoms with Crippen molar-refractivity contribution in [3.05, 3.63) is 71.2 Å². The second kappa shape index (κ2) is 8.02. The standard InChI is InChI=1S/C21H21FN2O.ClH/c22-16-9-7-15(8-10-16)21(25)6-3-12-24-13-11-20-18(14-24)17-4-1-2-5-19(17)23-20;/h1-2,4-5,7-10,23H,3,6,11-14H2;1H. The first-order valence-corrected chi connectivity index (χ1v) is 8.80. The Hall–Kier alpha value is -2.17. The molecule has 3 nitrogen and oxygen atoms in total. The van der Waals surface area contributed by atoms with E-state index in [-0.39, 0.29) is 24.0 Å². The van der Waals surface area contributed by atoms with Crippen LogP contribution in [0.15, 0.2) is 48.5 Å². The maximum atomic E-state index is 12.9. The number of fused-ring (bicyclic) bond motifs is 3. The number of nitrogens with one attached hydrogen (secondary N) is 1. The van der Waals surface area contributed by atoms with Gasteiger partial charge in [-0.05, 0) is 48.9 Å². The number of hydrogen-bond acceptors (Lipinski definition) is 2. The van der Waals surface area contributed by atoms with Crippen LogP contribution in [0.2, 0.25) is 0 Å². The first-order valence-electron chi connectivity index (χ1n) is 8.80. The average Bonchev–Trinajstić information content (AvgIpc) is 3.00. The molecule has 4 rings (SSSR count). The minimum atomic E-state index is -0.306. The summed E-state index contributed by atoms with van der Waals surface area (Å²) in [5, 5.41) is 1.31. The Labute approximate surface area is 158 Å². The van der Waals surface area contributed by atoms with Crippen molar-refractivity contribution in [1.82, 2.24) is 9.88 Å². The molecule has 0 unspecified atom stereocenters. The minimum Gasteiger partial charge on any atom is -0.358 e. The molecule has 0 saturated carbocycles. The molecule has 0 bridgehead atoms. The minimum absolute atomic E-state index is 0. The molecule has 1 aliphatic heterocycles. The highest BCUT2D eigenvalue weighted by Crippen LogP contribution is 2.27. The van der Waals surface area contributed by atoms with Gasteiger partial charge in [0.05, 0.1) is 0 Å². The lowest BCUT2D eigenvalue weighted by atomic mass is 10.0. The molecule has 3 aromatic rings. The van der Waals surface area contributed by atoms with E-state index in [1.807, 2.05) is 0 Å². The molecule has 0 spiro atoms. The molecular formula is C21H22ClFN2O. The summed E-state index contributed by atoms with van der Waals surface area (Å²) >= 11 is 0. The van der Waals surface area contributed by atoms with Crippen molar-refractivity contribution in [2.75, 3.05) is 13.1 Å². The number of nitrogens with zero attached hydrogens (tertiary/aromatic N) is 1. The van der Waals surface area contributed by atoms with Gasteiger partial charge in [-0.1, -0.05) is 18.2 Å². The van der Waals surface area contributed by atoms with Crippen LogP contribution in [0.3, 0.4) is 0 Å². The highest BCUT2D eigenvalue weighted by molar-refractivity contribution is 5.96. The molecule has 1 N–H and O–H groups in total. The number of carbonyl (C=O) groups is 1. The zero-order valence-electron chi connectivity index (χ0n) is 14.5. The summed E-state index contributed by atoms with van der Waals surface area (Å²) in [6, 6.07) is 14.3. The molecule has 0 radical (unpaired) electrons. The third-order valence-electron chi connectivity index (χ3n) is 5.01. The van der Waals surface area contributed by atoms with Crippen molar-refractivity contribution in [1.29, 1.82) is 0 Å². The van der Waals surface area contributed by atoms with Crippen LogP contribution < -0.4 is 0 Å². The first-order chi connectivity index (χ1) is 12.2. The van der Waals surface area contributed by atoms with Crippen LogP contribution in [-0.2, 0) is 13.0 Å². The summed E-state index contributed by atoms with van der Waals surface area (Å²) in [6.45, 7) is 2.86. The molecule has 0 aliphatic carbocycles. The van der Waals surface area contributed by atoms with E-state index in [2.05, 4.69) is 34.1 Å². The normalized spacial score (nSPS) is 14.0. The molecule has 136 valence electrons. The summed E-state index contributed by atoms with van der Waals surface area (Å²) < 4.78 is 12.9. The second-order valence-electron chi connectivity index (χ2n) is 6.69. The van der Waals surface area contributed by atoms with Crippen molar-refractivity contribution in [2.45, 2.75) is 25.8 Å². The van der Waals surface area contributed by atoms with Gasteiger partial charge in [-0.25, -0.2) is 4.39 Å². The summed E-state index contributed by atoms with van der Waals surface area (Å²) in [5.41, 5.74) is 4.55. The Morgan fingerprint density at radius 1 is 1.12 bits per heavy atom. The summed E-state index contributed by atoms with van der Waals surface area (Å²) in [5.74, 6) is -0.218. The fourth-order valence-corrected chi connectivity index (χ4v) is 3.66. The fourth-order valence-electron chi connectivity index (χ4n) is 3.66. The van der Waals surface area contributed by atoms with Crippen LogP contribution in [0.5, 0.6) is 0 Å². The number of Topliss-reactive ketones (excluding diaryl/α,β-unsaturated/α-hetero) is 1. The van der Waals surface area contributed by atoms with Crippen molar-refractivity contribution in [3.8, 4) is 0 Å². The van der Waals surface area contributed by atoms with Crippen LogP contribution in [0.1, 0.15) is 34.5 Å². The van der Waals surface area contributed by atoms with Crippen LogP contribution in [-0.4, -0.2) is 28.8 Å². The Kier molecular flexibility index (Phi) is 5.74. The van der Waals surface area contributed by atoms with Crippen molar-refractivity contribution >= 4 is 29.1 Å². The Bertz CT molecular complexity index is 904. The highest BCUT2D eigenvalue weighted by atomic mass is 35.5. The SMILES string of the molecule is Cl.O=C(CCCN1CCc2[nH]c3ccccc3c2C1)c1ccc(F)cc1. The number of aromatic nitrogens is 1. The highest BCUT2D eigenvalue weighted by Gasteiger charge is 2.20. The molecule has 1 aliphatic rings. The topological polar surface area (TPSA) is 36.1 Å². The third kappa shape index (κ3) is 3.81. The maximum absolute atomic E-state index is 12.9. The number of aromatic amines is 1. The average molecular weight is 373 g/mol. The van der Waals surface area contributed by atoms with Gasteiger partial charge in [-0.15, -0.1) is 12.4 Å². The van der Waals surface area contributed by atoms with E-state index in [0.717, 1.165) is 32.5 Å². The van der Waals surface area contributed by atoms with Crippen LogP contribution in [0, 0.1) is 5.82 Å². The van der Waals surface area contributed by atoms with Gasteiger partial charge >= 0.3 is 0 Å². The van der Waals surface area contributed by atoms with E-state index >= 15 is 0 Å². The van der Waals surface area contributed by atoms with Gasteiger partial charge < -0.3 is 4.98 Å². The largest absolute Gasteiger partial charge is 0.358 e. The van der Waals surface area contributed by atoms with Crippen molar-refractivity contribution in [3.63, 3.8) is 0 Å². The van der Waals surface area contributed by atoms with Crippen LogP contribution >= 0.6 is 12.4 Å². The van der Waals surface area contributed by atoms with E-state index in [0.29, 0.717) is 12.0 Å². The van der Waals surface area contributed by atoms with Crippen LogP contribution in [0.25, 0.3) is 10.9 Å². The smallest absolute Gasteiger partial charge is 0.162 e. The quantitative estimate of drug-likeness (QED) is 0.656. The lowest BCUT2D eigenvalue weighted by molar-refractivity contribution is 0.0973. The zero-order valence-corrected chi connectivity index (χ0v) is 15.3. The summed E-state index contributed by atoms with van der Waals surface area (Å²) in [4.78, 5) is 18.1. The predicted molar refractivity (Wildman–Crippen MR) is 104 cm³/mol. The molecule has 1 aromatic heterocycles. The monoisotopic (exact) mass is 372 g/mol. The number of carbonyl (C=O) groups excluding carboxylic acids is 1. The molecule has 0 fully saturated rings. The Morgan fingerprint density at radius 3 is 2.69 bits per heavy atom. The fraction of sp³-hybridized carbons (Fsp3) is 0.286. The number of halogens is 2. The number of para-hydroxylation sites is 1. The Morgan fingerprint density at radius 2 is 1.88 bits per heavy atom. The molecule has 2 aromatic carbocycles. The lowest BCUT2D eigenvalue weighted by Gasteiger charge is -2.27. The maximum Gasteiger partial charge on any atom is 0.162 e. The number of hydrogen-bond donors (Lipinski definition) is 1. The molecule has 0 saturated heterocycles. The van der Waals surface area contributed by atoms with E-state index < -0.39 is 0 Å². The van der Waals surface area contributed by atoms with E-state index in [4.69, 9.17) is 0 Å². The van der Waals surface area contributed by atoms with Crippen molar-refractivity contribution in [2.24, 2.45) is 0 Å². The Balaban J connectivity index is 0.00000196. The predicted octanol–water partition coefficient (Wildman–Crippen LogP) is 4.75. The van der Waals surface area contributed by atoms with Gasteiger partial charge in [0.25, 0.3) is 0 Å². The van der Waals surface area contributed by atoms with Gasteiger partial charge in [0.1, 0.15) is 5.82 Å². The van der Waals surface area contributed by atoms with Gasteiger partial charge in [-0.2, -0.15) is 0 Å². The van der Waals surface area contributed by atoms with E-state index in [1.54, 1.807) is 12.1 Å². The molecular weight excluding hydrogens is 351 g/mol. The molecule has 0 amide bonds.